The van der Waals surface area contributed by atoms with Gasteiger partial charge >= 0.3 is 6.18 Å². The first-order valence-corrected chi connectivity index (χ1v) is 4.47. The van der Waals surface area contributed by atoms with Gasteiger partial charge in [0.05, 0.1) is 6.42 Å². The van der Waals surface area contributed by atoms with Gasteiger partial charge in [0.25, 0.3) is 0 Å². The minimum absolute atomic E-state index is 0.0544. The molecule has 0 aromatic carbocycles. The van der Waals surface area contributed by atoms with Gasteiger partial charge in [-0.15, -0.1) is 6.04 Å². The lowest BCUT2D eigenvalue weighted by Gasteiger charge is -2.35. The maximum absolute atomic E-state index is 11.8. The Hall–Kier alpha value is -0.290. The molecular formula is C8H14F3N2-. The summed E-state index contributed by atoms with van der Waals surface area (Å²) in [5, 5.41) is 0. The molecule has 0 amide bonds. The Bertz CT molecular complexity index is 158. The van der Waals surface area contributed by atoms with Crippen LogP contribution in [0.25, 0.3) is 5.73 Å². The third-order valence-corrected chi connectivity index (χ3v) is 2.22. The fourth-order valence-corrected chi connectivity index (χ4v) is 1.54. The van der Waals surface area contributed by atoms with Crippen LogP contribution in [-0.2, 0) is 0 Å². The predicted octanol–water partition coefficient (Wildman–Crippen LogP) is 2.46. The lowest BCUT2D eigenvalue weighted by molar-refractivity contribution is -0.138. The molecule has 0 unspecified atom stereocenters. The lowest BCUT2D eigenvalue weighted by Crippen LogP contribution is -2.38. The van der Waals surface area contributed by atoms with E-state index in [1.807, 2.05) is 0 Å². The Labute approximate surface area is 75.9 Å². The van der Waals surface area contributed by atoms with Gasteiger partial charge < -0.3 is 10.6 Å². The van der Waals surface area contributed by atoms with Gasteiger partial charge in [-0.25, -0.2) is 0 Å². The van der Waals surface area contributed by atoms with Crippen LogP contribution in [-0.4, -0.2) is 36.8 Å². The Kier molecular flexibility index (Phi) is 3.55. The molecule has 1 rings (SSSR count). The van der Waals surface area contributed by atoms with Crippen molar-refractivity contribution in [3.05, 3.63) is 5.73 Å². The van der Waals surface area contributed by atoms with Crippen molar-refractivity contribution in [2.24, 2.45) is 0 Å². The minimum Gasteiger partial charge on any atom is -0.674 e. The Morgan fingerprint density at radius 3 is 2.62 bits per heavy atom. The molecule has 1 aliphatic rings. The highest BCUT2D eigenvalue weighted by Crippen LogP contribution is 2.21. The summed E-state index contributed by atoms with van der Waals surface area (Å²) in [4.78, 5) is 1.73. The standard InChI is InChI=1S/C8H14F3N2/c9-8(10,11)3-5-13-4-1-2-7(12)6-13/h7,12H,1-6H2/q-1/t7-/m1/s1. The third-order valence-electron chi connectivity index (χ3n) is 2.22. The van der Waals surface area contributed by atoms with E-state index in [9.17, 15) is 13.2 Å². The number of nitrogens with zero attached hydrogens (tertiary/aromatic N) is 1. The quantitative estimate of drug-likeness (QED) is 0.664. The highest BCUT2D eigenvalue weighted by atomic mass is 19.4. The van der Waals surface area contributed by atoms with Crippen molar-refractivity contribution < 1.29 is 13.2 Å². The molecule has 0 spiro atoms. The monoisotopic (exact) mass is 195 g/mol. The van der Waals surface area contributed by atoms with Gasteiger partial charge in [0, 0.05) is 6.54 Å². The van der Waals surface area contributed by atoms with Crippen LogP contribution in [0.3, 0.4) is 0 Å². The van der Waals surface area contributed by atoms with Crippen molar-refractivity contribution >= 4 is 0 Å². The van der Waals surface area contributed by atoms with Gasteiger partial charge in [-0.05, 0) is 19.5 Å². The van der Waals surface area contributed by atoms with Crippen molar-refractivity contribution in [1.82, 2.24) is 4.90 Å². The fourth-order valence-electron chi connectivity index (χ4n) is 1.54. The average molecular weight is 195 g/mol. The van der Waals surface area contributed by atoms with Crippen LogP contribution in [0.4, 0.5) is 13.2 Å². The number of nitrogens with one attached hydrogen (secondary N) is 1. The molecule has 0 radical (unpaired) electrons. The molecule has 0 aliphatic carbocycles. The van der Waals surface area contributed by atoms with Crippen molar-refractivity contribution in [2.45, 2.75) is 31.5 Å². The molecule has 1 atom stereocenters. The SMILES string of the molecule is [NH-][C@@H]1CCCN(CCC(F)(F)F)C1. The molecule has 0 saturated carbocycles. The van der Waals surface area contributed by atoms with E-state index < -0.39 is 12.6 Å². The molecule has 1 saturated heterocycles. The van der Waals surface area contributed by atoms with E-state index in [2.05, 4.69) is 0 Å². The van der Waals surface area contributed by atoms with E-state index >= 15 is 0 Å². The summed E-state index contributed by atoms with van der Waals surface area (Å²) in [6, 6.07) is -0.193. The van der Waals surface area contributed by atoms with Crippen molar-refractivity contribution in [1.29, 1.82) is 0 Å². The molecule has 1 aliphatic heterocycles. The van der Waals surface area contributed by atoms with Crippen molar-refractivity contribution in [2.75, 3.05) is 19.6 Å². The minimum atomic E-state index is -4.06. The first-order chi connectivity index (χ1) is 5.97. The Balaban J connectivity index is 2.21. The van der Waals surface area contributed by atoms with E-state index in [1.165, 1.54) is 0 Å². The number of hydrogen-bond acceptors (Lipinski definition) is 1. The van der Waals surface area contributed by atoms with Crippen molar-refractivity contribution in [3.8, 4) is 0 Å². The summed E-state index contributed by atoms with van der Waals surface area (Å²) < 4.78 is 35.5. The molecule has 0 aromatic rings. The number of hydrogen-bond donors (Lipinski definition) is 0. The zero-order valence-corrected chi connectivity index (χ0v) is 7.40. The zero-order valence-electron chi connectivity index (χ0n) is 7.40. The highest BCUT2D eigenvalue weighted by Gasteiger charge is 2.28. The molecule has 1 heterocycles. The number of piperidine rings is 1. The lowest BCUT2D eigenvalue weighted by atomic mass is 10.1. The average Bonchev–Trinajstić information content (AvgIpc) is 2.00. The summed E-state index contributed by atoms with van der Waals surface area (Å²) in [5.74, 6) is 0. The van der Waals surface area contributed by atoms with Gasteiger partial charge in [0.2, 0.25) is 0 Å². The summed E-state index contributed by atoms with van der Waals surface area (Å²) in [6.07, 6.45) is -3.14. The second kappa shape index (κ2) is 4.28. The molecular weight excluding hydrogens is 181 g/mol. The smallest absolute Gasteiger partial charge is 0.390 e. The number of halogens is 3. The normalized spacial score (nSPS) is 26.3. The molecule has 2 nitrogen and oxygen atoms in total. The molecule has 13 heavy (non-hydrogen) atoms. The van der Waals surface area contributed by atoms with Gasteiger partial charge in [-0.1, -0.05) is 6.42 Å². The van der Waals surface area contributed by atoms with Crippen LogP contribution in [0.2, 0.25) is 0 Å². The number of alkyl halides is 3. The van der Waals surface area contributed by atoms with E-state index in [-0.39, 0.29) is 12.6 Å². The molecule has 5 heteroatoms. The number of likely N-dealkylation sites (tertiary alicyclic amines) is 1. The molecule has 1 N–H and O–H groups in total. The van der Waals surface area contributed by atoms with Gasteiger partial charge in [-0.2, -0.15) is 13.2 Å². The third kappa shape index (κ3) is 4.47. The van der Waals surface area contributed by atoms with Crippen LogP contribution >= 0.6 is 0 Å². The van der Waals surface area contributed by atoms with Gasteiger partial charge in [0.15, 0.2) is 0 Å². The largest absolute Gasteiger partial charge is 0.674 e. The Morgan fingerprint density at radius 1 is 1.38 bits per heavy atom. The first-order valence-electron chi connectivity index (χ1n) is 4.47. The topological polar surface area (TPSA) is 27.0 Å². The van der Waals surface area contributed by atoms with E-state index in [1.54, 1.807) is 4.90 Å². The highest BCUT2D eigenvalue weighted by molar-refractivity contribution is 4.82. The molecule has 0 bridgehead atoms. The fraction of sp³-hybridized carbons (Fsp3) is 1.00. The van der Waals surface area contributed by atoms with Crippen LogP contribution in [0, 0.1) is 0 Å². The van der Waals surface area contributed by atoms with Crippen LogP contribution in [0.1, 0.15) is 19.3 Å². The molecule has 1 fully saturated rings. The van der Waals surface area contributed by atoms with E-state index in [0.29, 0.717) is 13.1 Å². The second-order valence-electron chi connectivity index (χ2n) is 3.50. The summed E-state index contributed by atoms with van der Waals surface area (Å²) in [5.41, 5.74) is 7.41. The maximum atomic E-state index is 11.8. The van der Waals surface area contributed by atoms with Gasteiger partial charge in [0.1, 0.15) is 0 Å². The van der Waals surface area contributed by atoms with Crippen LogP contribution in [0.15, 0.2) is 0 Å². The second-order valence-corrected chi connectivity index (χ2v) is 3.50. The summed E-state index contributed by atoms with van der Waals surface area (Å²) in [7, 11) is 0. The molecule has 0 aromatic heterocycles. The predicted molar refractivity (Wildman–Crippen MR) is 44.5 cm³/mol. The van der Waals surface area contributed by atoms with Crippen LogP contribution < -0.4 is 0 Å². The summed E-state index contributed by atoms with van der Waals surface area (Å²) in [6.45, 7) is 1.26. The van der Waals surface area contributed by atoms with E-state index in [0.717, 1.165) is 12.8 Å². The van der Waals surface area contributed by atoms with E-state index in [4.69, 9.17) is 5.73 Å². The van der Waals surface area contributed by atoms with Gasteiger partial charge in [-0.3, -0.25) is 0 Å². The Morgan fingerprint density at radius 2 is 2.08 bits per heavy atom. The van der Waals surface area contributed by atoms with Crippen molar-refractivity contribution in [3.63, 3.8) is 0 Å². The number of rotatable bonds is 2. The zero-order chi connectivity index (χ0) is 9.90. The first kappa shape index (κ1) is 10.8. The maximum Gasteiger partial charge on any atom is 0.390 e. The summed E-state index contributed by atoms with van der Waals surface area (Å²) >= 11 is 0. The van der Waals surface area contributed by atoms with Crippen LogP contribution in [0.5, 0.6) is 0 Å². The molecule has 78 valence electrons.